The van der Waals surface area contributed by atoms with Crippen molar-refractivity contribution in [3.63, 3.8) is 0 Å². The molecule has 85 heavy (non-hydrogen) atoms. The largest absolute Gasteiger partial charge is 0.493 e. The van der Waals surface area contributed by atoms with Gasteiger partial charge in [-0.15, -0.1) is 0 Å². The van der Waals surface area contributed by atoms with Gasteiger partial charge in [0.05, 0.1) is 26.4 Å². The summed E-state index contributed by atoms with van der Waals surface area (Å²) in [6, 6.07) is 27.4. The molecule has 3 fully saturated rings. The predicted octanol–water partition coefficient (Wildman–Crippen LogP) is 8.36. The maximum absolute atomic E-state index is 12.9. The van der Waals surface area contributed by atoms with Gasteiger partial charge in [0.1, 0.15) is 11.5 Å². The molecular formula is C58H66F6N14O7. The van der Waals surface area contributed by atoms with Crippen LogP contribution < -0.4 is 61.5 Å². The van der Waals surface area contributed by atoms with Crippen molar-refractivity contribution in [2.75, 3.05) is 100 Å². The minimum absolute atomic E-state index is 0.0156. The molecule has 27 heteroatoms. The molecule has 2 amide bonds. The molecule has 6 aromatic rings. The number of halogens is 6. The van der Waals surface area contributed by atoms with Gasteiger partial charge in [0.2, 0.25) is 23.8 Å². The number of ether oxygens (including phenoxy) is 5. The highest BCUT2D eigenvalue weighted by molar-refractivity contribution is 5.95. The topological polar surface area (TPSA) is 254 Å². The highest BCUT2D eigenvalue weighted by Crippen LogP contribution is 2.46. The van der Waals surface area contributed by atoms with Crippen LogP contribution in [0.15, 0.2) is 97.1 Å². The fourth-order valence-electron chi connectivity index (χ4n) is 9.59. The third-order valence-corrected chi connectivity index (χ3v) is 15.0. The van der Waals surface area contributed by atoms with Crippen molar-refractivity contribution in [2.24, 2.45) is 22.2 Å². The first-order valence-corrected chi connectivity index (χ1v) is 27.9. The first-order chi connectivity index (χ1) is 40.8. The van der Waals surface area contributed by atoms with Crippen LogP contribution >= 0.6 is 0 Å². The summed E-state index contributed by atoms with van der Waals surface area (Å²) in [5.41, 5.74) is 3.76. The standard InChI is InChI=1S/C30H34F3N7O3.C28H32F3N7O4/c31-30(32,33)19-43-27-39-25-35-14-20-2-8-23(9-3-20)42-18-29(10-1-11-29)16-34-15-28(12-13-28)17-36-24(41)21-4-6-22(7-5-21)37-26(38-25)40-27;1-18-10-32-13-27(15-40-16-27)14-34-23(39)20-4-6-21(7-5-20)35-25-36-24(37-26(38-25)42-17-28(29,30)31)33-11-19-2-8-22(9-3-19)41-12-18/h2-9,34H,1,10-19H2,(H,36,41)(H2,35,37,38,39,40);2-9,18,32H,10-17H2,1H3,(H,34,39)(H2,33,35,36,37,38)/t;18-/m.1/s1. The van der Waals surface area contributed by atoms with E-state index in [1.165, 1.54) is 6.42 Å². The highest BCUT2D eigenvalue weighted by atomic mass is 19.4. The van der Waals surface area contributed by atoms with Crippen LogP contribution in [0.3, 0.4) is 0 Å². The lowest BCUT2D eigenvalue weighted by Gasteiger charge is -2.42. The molecule has 1 atom stereocenters. The van der Waals surface area contributed by atoms with E-state index in [2.05, 4.69) is 79.4 Å². The average Bonchev–Trinajstić information content (AvgIpc) is 3.91. The van der Waals surface area contributed by atoms with Crippen LogP contribution in [0, 0.1) is 22.2 Å². The first-order valence-electron chi connectivity index (χ1n) is 27.9. The highest BCUT2D eigenvalue weighted by Gasteiger charge is 2.44. The fourth-order valence-corrected chi connectivity index (χ4v) is 9.59. The number of rotatable bonds is 4. The molecule has 0 unspecified atom stereocenters. The zero-order valence-corrected chi connectivity index (χ0v) is 46.6. The van der Waals surface area contributed by atoms with Crippen LogP contribution in [0.5, 0.6) is 23.5 Å². The Bertz CT molecular complexity index is 3210. The Kier molecular flexibility index (Phi) is 18.5. The van der Waals surface area contributed by atoms with E-state index in [-0.39, 0.29) is 64.3 Å². The van der Waals surface area contributed by atoms with Gasteiger partial charge in [0.25, 0.3) is 11.8 Å². The molecule has 0 radical (unpaired) electrons. The zero-order chi connectivity index (χ0) is 59.5. The van der Waals surface area contributed by atoms with Crippen molar-refractivity contribution >= 4 is 47.0 Å². The second-order valence-electron chi connectivity index (χ2n) is 22.4. The molecule has 11 aliphatic rings. The van der Waals surface area contributed by atoms with E-state index in [4.69, 9.17) is 23.7 Å². The number of nitrogens with zero attached hydrogens (tertiary/aromatic N) is 6. The molecule has 3 spiro atoms. The molecule has 8 N–H and O–H groups in total. The summed E-state index contributed by atoms with van der Waals surface area (Å²) in [6.45, 7) is 6.06. The Labute approximate surface area is 486 Å². The Hall–Kier alpha value is -8.30. The molecule has 12 bridgehead atoms. The van der Waals surface area contributed by atoms with Crippen molar-refractivity contribution in [1.82, 2.24) is 51.2 Å². The van der Waals surface area contributed by atoms with Gasteiger partial charge in [-0.3, -0.25) is 9.59 Å². The van der Waals surface area contributed by atoms with Crippen LogP contribution in [0.25, 0.3) is 0 Å². The van der Waals surface area contributed by atoms with E-state index >= 15 is 0 Å². The number of alkyl halides is 6. The molecular weight excluding hydrogens is 1120 g/mol. The quantitative estimate of drug-likeness (QED) is 0.0772. The Morgan fingerprint density at radius 3 is 1.41 bits per heavy atom. The van der Waals surface area contributed by atoms with Crippen molar-refractivity contribution in [3.05, 3.63) is 119 Å². The molecule has 452 valence electrons. The van der Waals surface area contributed by atoms with Gasteiger partial charge in [0.15, 0.2) is 13.2 Å². The fraction of sp³-hybridized carbons (Fsp3) is 0.448. The summed E-state index contributed by atoms with van der Waals surface area (Å²) in [5.74, 6) is 1.33. The summed E-state index contributed by atoms with van der Waals surface area (Å²) in [5, 5.41) is 25.1. The molecule has 21 nitrogen and oxygen atoms in total. The van der Waals surface area contributed by atoms with Gasteiger partial charge < -0.3 is 66.2 Å². The van der Waals surface area contributed by atoms with E-state index in [0.717, 1.165) is 62.2 Å². The number of hydrogen-bond donors (Lipinski definition) is 8. The van der Waals surface area contributed by atoms with Crippen molar-refractivity contribution in [2.45, 2.75) is 64.5 Å². The lowest BCUT2D eigenvalue weighted by molar-refractivity contribution is -0.155. The molecule has 9 aliphatic heterocycles. The molecule has 17 rings (SSSR count). The number of nitrogens with one attached hydrogen (secondary N) is 8. The summed E-state index contributed by atoms with van der Waals surface area (Å²) >= 11 is 0. The van der Waals surface area contributed by atoms with E-state index < -0.39 is 37.6 Å². The van der Waals surface area contributed by atoms with E-state index in [9.17, 15) is 35.9 Å². The SMILES string of the molecule is C[C@@H]1CNCC2(CNC(=O)c3ccc(cc3)Nc3nc(nc(OCC(F)(F)F)n3)NCc3ccc(cc3)OC1)COC2.O=C1NCC2(CC2)CNCC2(CCC2)COc2ccc(cc2)CNc2nc(nc(OCC(F)(F)F)n2)Nc2ccc1cc2. The lowest BCUT2D eigenvalue weighted by atomic mass is 9.69. The normalized spacial score (nSPS) is 19.6. The molecule has 2 aliphatic carbocycles. The maximum Gasteiger partial charge on any atom is 0.422 e. The van der Waals surface area contributed by atoms with Gasteiger partial charge in [-0.25, -0.2) is 0 Å². The first kappa shape index (κ1) is 59.8. The summed E-state index contributed by atoms with van der Waals surface area (Å²) in [4.78, 5) is 50.2. The van der Waals surface area contributed by atoms with Gasteiger partial charge in [-0.1, -0.05) is 37.6 Å². The van der Waals surface area contributed by atoms with Crippen LogP contribution in [0.2, 0.25) is 0 Å². The summed E-state index contributed by atoms with van der Waals surface area (Å²) < 4.78 is 104. The number of amides is 2. The minimum atomic E-state index is -4.56. The third-order valence-electron chi connectivity index (χ3n) is 15.0. The van der Waals surface area contributed by atoms with Crippen molar-refractivity contribution in [1.29, 1.82) is 0 Å². The zero-order valence-electron chi connectivity index (χ0n) is 46.6. The number of carbonyl (C=O) groups is 2. The minimum Gasteiger partial charge on any atom is -0.493 e. The Balaban J connectivity index is 0.000000189. The number of benzene rings is 4. The second-order valence-corrected chi connectivity index (χ2v) is 22.4. The third kappa shape index (κ3) is 17.6. The Morgan fingerprint density at radius 2 is 0.965 bits per heavy atom. The number of anilines is 6. The van der Waals surface area contributed by atoms with Crippen LogP contribution in [-0.4, -0.2) is 133 Å². The van der Waals surface area contributed by atoms with Gasteiger partial charge in [-0.2, -0.15) is 56.2 Å². The molecule has 2 aromatic heterocycles. The summed E-state index contributed by atoms with van der Waals surface area (Å²) in [6.07, 6.45) is -3.58. The molecule has 1 saturated heterocycles. The molecule has 11 heterocycles. The predicted molar refractivity (Wildman–Crippen MR) is 302 cm³/mol. The van der Waals surface area contributed by atoms with Crippen LogP contribution in [0.1, 0.15) is 70.9 Å². The monoisotopic (exact) mass is 1180 g/mol. The van der Waals surface area contributed by atoms with Crippen molar-refractivity contribution in [3.8, 4) is 23.5 Å². The Morgan fingerprint density at radius 1 is 0.506 bits per heavy atom. The summed E-state index contributed by atoms with van der Waals surface area (Å²) in [7, 11) is 0. The number of hydrogen-bond acceptors (Lipinski definition) is 19. The lowest BCUT2D eigenvalue weighted by Crippen LogP contribution is -2.56. The molecule has 2 saturated carbocycles. The van der Waals surface area contributed by atoms with Gasteiger partial charge >= 0.3 is 24.4 Å². The van der Waals surface area contributed by atoms with Crippen LogP contribution in [0.4, 0.5) is 61.5 Å². The van der Waals surface area contributed by atoms with Gasteiger partial charge in [0, 0.05) is 97.0 Å². The number of carbonyl (C=O) groups excluding carboxylic acids is 2. The smallest absolute Gasteiger partial charge is 0.422 e. The average molecular weight is 1190 g/mol. The van der Waals surface area contributed by atoms with E-state index in [0.29, 0.717) is 80.9 Å². The van der Waals surface area contributed by atoms with Crippen molar-refractivity contribution < 1.29 is 59.6 Å². The number of aromatic nitrogens is 6. The van der Waals surface area contributed by atoms with Crippen LogP contribution in [-0.2, 0) is 17.8 Å². The maximum atomic E-state index is 12.9. The molecule has 4 aromatic carbocycles. The van der Waals surface area contributed by atoms with E-state index in [1.54, 1.807) is 48.5 Å². The second kappa shape index (κ2) is 26.3. The van der Waals surface area contributed by atoms with Gasteiger partial charge in [-0.05, 0) is 110 Å². The van der Waals surface area contributed by atoms with E-state index in [1.807, 2.05) is 48.5 Å².